The van der Waals surface area contributed by atoms with E-state index in [2.05, 4.69) is 18.7 Å². The first-order valence-electron chi connectivity index (χ1n) is 7.58. The minimum atomic E-state index is -0.00945. The second-order valence-electron chi connectivity index (χ2n) is 5.08. The minimum Gasteiger partial charge on any atom is -0.492 e. The Hall–Kier alpha value is -1.47. The molecule has 0 unspecified atom stereocenters. The first kappa shape index (κ1) is 17.6. The third-order valence-corrected chi connectivity index (χ3v) is 3.52. The fourth-order valence-corrected chi connectivity index (χ4v) is 2.29. The molecule has 1 aromatic carbocycles. The minimum absolute atomic E-state index is 0.00945. The van der Waals surface area contributed by atoms with E-state index < -0.39 is 0 Å². The Bertz CT molecular complexity index is 468. The van der Waals surface area contributed by atoms with Crippen molar-refractivity contribution in [1.82, 2.24) is 0 Å². The lowest BCUT2D eigenvalue weighted by atomic mass is 10.1. The van der Waals surface area contributed by atoms with Crippen molar-refractivity contribution in [3.63, 3.8) is 0 Å². The van der Waals surface area contributed by atoms with Gasteiger partial charge in [0.2, 0.25) is 0 Å². The number of para-hydroxylation sites is 1. The van der Waals surface area contributed by atoms with Gasteiger partial charge in [0.15, 0.2) is 5.12 Å². The number of rotatable bonds is 11. The maximum Gasteiger partial charge on any atom is 0.185 e. The van der Waals surface area contributed by atoms with Crippen LogP contribution in [0.2, 0.25) is 0 Å². The largest absolute Gasteiger partial charge is 0.492 e. The molecule has 21 heavy (non-hydrogen) atoms. The molecule has 0 aliphatic rings. The summed E-state index contributed by atoms with van der Waals surface area (Å²) in [5, 5.41) is 8.93. The third-order valence-electron chi connectivity index (χ3n) is 3.30. The molecule has 0 aromatic heterocycles. The molecule has 4 heteroatoms. The van der Waals surface area contributed by atoms with Gasteiger partial charge >= 0.3 is 0 Å². The molecule has 0 saturated carbocycles. The van der Waals surface area contributed by atoms with Crippen LogP contribution in [0.3, 0.4) is 0 Å². The van der Waals surface area contributed by atoms with Gasteiger partial charge in [0, 0.05) is 6.42 Å². The molecule has 0 N–H and O–H groups in total. The second-order valence-corrected chi connectivity index (χ2v) is 5.57. The number of thiol groups is 1. The van der Waals surface area contributed by atoms with Crippen molar-refractivity contribution in [3.8, 4) is 11.8 Å². The number of unbranched alkanes of at least 4 members (excludes halogenated alkanes) is 6. The topological polar surface area (TPSA) is 50.1 Å². The number of nitrogens with zero attached hydrogens (tertiary/aromatic N) is 1. The van der Waals surface area contributed by atoms with E-state index in [0.717, 1.165) is 25.7 Å². The fraction of sp³-hybridized carbons (Fsp3) is 0.529. The average Bonchev–Trinajstić information content (AvgIpc) is 2.49. The number of ether oxygens (including phenoxy) is 1. The summed E-state index contributed by atoms with van der Waals surface area (Å²) >= 11 is 3.75. The quantitative estimate of drug-likeness (QED) is 0.483. The predicted molar refractivity (Wildman–Crippen MR) is 87.6 cm³/mol. The van der Waals surface area contributed by atoms with Gasteiger partial charge in [0.25, 0.3) is 0 Å². The Labute approximate surface area is 132 Å². The molecule has 0 aliphatic carbocycles. The van der Waals surface area contributed by atoms with Crippen LogP contribution in [0.15, 0.2) is 24.3 Å². The summed E-state index contributed by atoms with van der Waals surface area (Å²) in [6.45, 7) is 0.660. The van der Waals surface area contributed by atoms with E-state index in [1.54, 1.807) is 6.07 Å². The predicted octanol–water partition coefficient (Wildman–Crippen LogP) is 4.51. The molecule has 0 saturated heterocycles. The van der Waals surface area contributed by atoms with Crippen molar-refractivity contribution >= 4 is 17.7 Å². The Kier molecular flexibility index (Phi) is 9.39. The number of hydrogen-bond donors (Lipinski definition) is 1. The summed E-state index contributed by atoms with van der Waals surface area (Å²) in [6.07, 6.45) is 8.38. The van der Waals surface area contributed by atoms with Gasteiger partial charge < -0.3 is 4.74 Å². The van der Waals surface area contributed by atoms with Crippen LogP contribution in [-0.2, 0) is 4.79 Å². The number of nitriles is 1. The van der Waals surface area contributed by atoms with Gasteiger partial charge in [-0.3, -0.25) is 4.79 Å². The lowest BCUT2D eigenvalue weighted by Gasteiger charge is -2.07. The van der Waals surface area contributed by atoms with Gasteiger partial charge in [0.1, 0.15) is 11.8 Å². The highest BCUT2D eigenvalue weighted by Crippen LogP contribution is 2.17. The fourth-order valence-electron chi connectivity index (χ4n) is 2.13. The summed E-state index contributed by atoms with van der Waals surface area (Å²) in [7, 11) is 0. The Morgan fingerprint density at radius 2 is 1.67 bits per heavy atom. The van der Waals surface area contributed by atoms with E-state index in [0.29, 0.717) is 24.3 Å². The summed E-state index contributed by atoms with van der Waals surface area (Å²) in [5.41, 5.74) is 0.594. The zero-order valence-corrected chi connectivity index (χ0v) is 13.3. The third kappa shape index (κ3) is 8.41. The van der Waals surface area contributed by atoms with Crippen LogP contribution in [0.25, 0.3) is 0 Å². The highest BCUT2D eigenvalue weighted by atomic mass is 32.1. The van der Waals surface area contributed by atoms with Gasteiger partial charge in [-0.2, -0.15) is 5.26 Å². The molecule has 1 aromatic rings. The maximum atomic E-state index is 10.6. The highest BCUT2D eigenvalue weighted by Gasteiger charge is 2.01. The van der Waals surface area contributed by atoms with Crippen LogP contribution < -0.4 is 4.74 Å². The van der Waals surface area contributed by atoms with E-state index >= 15 is 0 Å². The van der Waals surface area contributed by atoms with Crippen molar-refractivity contribution in [2.75, 3.05) is 6.61 Å². The Balaban J connectivity index is 1.98. The second kappa shape index (κ2) is 11.2. The monoisotopic (exact) mass is 305 g/mol. The standard InChI is InChI=1S/C17H23NO2S/c18-14-15-10-7-8-11-16(15)20-13-9-5-3-1-2-4-6-12-17(19)21/h7-8,10-11H,1-6,9,12-13H2,(H,19,21). The van der Waals surface area contributed by atoms with Gasteiger partial charge in [-0.1, -0.05) is 44.2 Å². The lowest BCUT2D eigenvalue weighted by Crippen LogP contribution is -1.99. The smallest absolute Gasteiger partial charge is 0.185 e. The molecule has 0 radical (unpaired) electrons. The molecule has 3 nitrogen and oxygen atoms in total. The molecule has 0 spiro atoms. The molecule has 0 atom stereocenters. The molecule has 0 fully saturated rings. The summed E-state index contributed by atoms with van der Waals surface area (Å²) < 4.78 is 5.63. The maximum absolute atomic E-state index is 10.6. The molecular weight excluding hydrogens is 282 g/mol. The highest BCUT2D eigenvalue weighted by molar-refractivity contribution is 7.96. The number of benzene rings is 1. The van der Waals surface area contributed by atoms with Crippen LogP contribution in [0.4, 0.5) is 0 Å². The Morgan fingerprint density at radius 1 is 1.05 bits per heavy atom. The van der Waals surface area contributed by atoms with Crippen molar-refractivity contribution in [1.29, 1.82) is 5.26 Å². The zero-order chi connectivity index (χ0) is 15.3. The average molecular weight is 305 g/mol. The van der Waals surface area contributed by atoms with Crippen LogP contribution in [0.1, 0.15) is 56.9 Å². The molecule has 0 amide bonds. The zero-order valence-electron chi connectivity index (χ0n) is 12.4. The molecule has 0 bridgehead atoms. The number of carbonyl (C=O) groups excluding carboxylic acids is 1. The summed E-state index contributed by atoms with van der Waals surface area (Å²) in [6, 6.07) is 9.45. The summed E-state index contributed by atoms with van der Waals surface area (Å²) in [4.78, 5) is 10.6. The van der Waals surface area contributed by atoms with Crippen molar-refractivity contribution < 1.29 is 9.53 Å². The van der Waals surface area contributed by atoms with Crippen molar-refractivity contribution in [2.45, 2.75) is 51.4 Å². The van der Waals surface area contributed by atoms with Gasteiger partial charge in [-0.25, -0.2) is 0 Å². The van der Waals surface area contributed by atoms with Gasteiger partial charge in [-0.15, -0.1) is 12.6 Å². The van der Waals surface area contributed by atoms with E-state index in [4.69, 9.17) is 10.00 Å². The SMILES string of the molecule is N#Cc1ccccc1OCCCCCCCCCC(=O)S. The van der Waals surface area contributed by atoms with Gasteiger partial charge in [0.05, 0.1) is 12.2 Å². The van der Waals surface area contributed by atoms with Gasteiger partial charge in [-0.05, 0) is 25.0 Å². The van der Waals surface area contributed by atoms with Crippen molar-refractivity contribution in [3.05, 3.63) is 29.8 Å². The van der Waals surface area contributed by atoms with E-state index in [1.807, 2.05) is 18.2 Å². The molecule has 0 aliphatic heterocycles. The Morgan fingerprint density at radius 3 is 2.33 bits per heavy atom. The van der Waals surface area contributed by atoms with E-state index in [-0.39, 0.29) is 5.12 Å². The first-order valence-corrected chi connectivity index (χ1v) is 8.02. The van der Waals surface area contributed by atoms with E-state index in [9.17, 15) is 4.79 Å². The van der Waals surface area contributed by atoms with Crippen molar-refractivity contribution in [2.24, 2.45) is 0 Å². The lowest BCUT2D eigenvalue weighted by molar-refractivity contribution is -0.110. The number of hydrogen-bond acceptors (Lipinski definition) is 3. The molecule has 0 heterocycles. The summed E-state index contributed by atoms with van der Waals surface area (Å²) in [5.74, 6) is 0.677. The normalized spacial score (nSPS) is 10.1. The van der Waals surface area contributed by atoms with E-state index in [1.165, 1.54) is 19.3 Å². The van der Waals surface area contributed by atoms with Crippen LogP contribution in [-0.4, -0.2) is 11.7 Å². The van der Waals surface area contributed by atoms with Crippen LogP contribution in [0, 0.1) is 11.3 Å². The first-order chi connectivity index (χ1) is 10.2. The molecule has 114 valence electrons. The van der Waals surface area contributed by atoms with Crippen LogP contribution >= 0.6 is 12.6 Å². The molecular formula is C17H23NO2S. The number of carbonyl (C=O) groups is 1. The van der Waals surface area contributed by atoms with Crippen LogP contribution in [0.5, 0.6) is 5.75 Å². The molecule has 1 rings (SSSR count).